The van der Waals surface area contributed by atoms with E-state index in [0.717, 1.165) is 47.7 Å². The van der Waals surface area contributed by atoms with Gasteiger partial charge in [0.05, 0.1) is 15.9 Å². The quantitative estimate of drug-likeness (QED) is 0.252. The first-order chi connectivity index (χ1) is 16.8. The molecule has 1 aromatic heterocycles. The highest BCUT2D eigenvalue weighted by molar-refractivity contribution is 7.98. The van der Waals surface area contributed by atoms with Crippen LogP contribution in [0.2, 0.25) is 0 Å². The summed E-state index contributed by atoms with van der Waals surface area (Å²) in [4.78, 5) is 5.24. The number of rotatable bonds is 10. The van der Waals surface area contributed by atoms with E-state index in [1.165, 1.54) is 16.7 Å². The SMILES string of the molecule is CCOCCCn1c(SCc2ccc(C)c(C)c2)nc2cc(S(=O)(=O)N3CCC[C@@H](C)C3)ccc21. The number of hydrogen-bond acceptors (Lipinski definition) is 5. The molecular formula is C27H37N3O3S2. The van der Waals surface area contributed by atoms with Crippen LogP contribution in [0.5, 0.6) is 0 Å². The Morgan fingerprint density at radius 2 is 1.97 bits per heavy atom. The number of thioether (sulfide) groups is 1. The standard InChI is InChI=1S/C27H37N3O3S2/c1-5-33-15-7-14-30-26-12-11-24(35(31,32)29-13-6-8-20(2)18-29)17-25(26)28-27(30)34-19-23-10-9-21(3)22(4)16-23/h9-12,16-17,20H,5-8,13-15,18-19H2,1-4H3/t20-/m1/s1. The summed E-state index contributed by atoms with van der Waals surface area (Å²) >= 11 is 1.70. The molecule has 0 saturated carbocycles. The van der Waals surface area contributed by atoms with E-state index < -0.39 is 10.0 Å². The first-order valence-electron chi connectivity index (χ1n) is 12.6. The fraction of sp³-hybridized carbons (Fsp3) is 0.519. The predicted molar refractivity (Wildman–Crippen MR) is 143 cm³/mol. The zero-order chi connectivity index (χ0) is 25.0. The molecule has 8 heteroatoms. The number of ether oxygens (including phenoxy) is 1. The molecule has 0 N–H and O–H groups in total. The van der Waals surface area contributed by atoms with Crippen LogP contribution in [-0.4, -0.2) is 48.6 Å². The Morgan fingerprint density at radius 1 is 1.14 bits per heavy atom. The van der Waals surface area contributed by atoms with Gasteiger partial charge >= 0.3 is 0 Å². The second-order valence-electron chi connectivity index (χ2n) is 9.56. The summed E-state index contributed by atoms with van der Waals surface area (Å²) < 4.78 is 36.1. The second-order valence-corrected chi connectivity index (χ2v) is 12.4. The van der Waals surface area contributed by atoms with Crippen molar-refractivity contribution in [1.29, 1.82) is 0 Å². The van der Waals surface area contributed by atoms with E-state index in [9.17, 15) is 8.42 Å². The molecule has 0 unspecified atom stereocenters. The molecule has 0 amide bonds. The lowest BCUT2D eigenvalue weighted by molar-refractivity contribution is 0.141. The molecule has 1 saturated heterocycles. The van der Waals surface area contributed by atoms with Crippen molar-refractivity contribution in [3.05, 3.63) is 53.1 Å². The minimum atomic E-state index is -3.52. The number of piperidine rings is 1. The van der Waals surface area contributed by atoms with Gasteiger partial charge in [0.25, 0.3) is 0 Å². The first-order valence-corrected chi connectivity index (χ1v) is 15.0. The fourth-order valence-electron chi connectivity index (χ4n) is 4.60. The predicted octanol–water partition coefficient (Wildman–Crippen LogP) is 5.79. The zero-order valence-electron chi connectivity index (χ0n) is 21.3. The van der Waals surface area contributed by atoms with E-state index in [2.05, 4.69) is 43.5 Å². The summed E-state index contributed by atoms with van der Waals surface area (Å²) in [6.45, 7) is 11.7. The fourth-order valence-corrected chi connectivity index (χ4v) is 7.20. The largest absolute Gasteiger partial charge is 0.382 e. The summed E-state index contributed by atoms with van der Waals surface area (Å²) in [6, 6.07) is 12.0. The van der Waals surface area contributed by atoms with Crippen LogP contribution in [0, 0.1) is 19.8 Å². The lowest BCUT2D eigenvalue weighted by Crippen LogP contribution is -2.39. The molecule has 3 aromatic rings. The summed E-state index contributed by atoms with van der Waals surface area (Å²) in [5.74, 6) is 1.20. The van der Waals surface area contributed by atoms with Gasteiger partial charge in [0.1, 0.15) is 0 Å². The third kappa shape index (κ3) is 6.10. The molecule has 1 fully saturated rings. The molecule has 0 radical (unpaired) electrons. The Bertz CT molecular complexity index is 1270. The van der Waals surface area contributed by atoms with Crippen molar-refractivity contribution in [3.8, 4) is 0 Å². The van der Waals surface area contributed by atoms with Crippen LogP contribution in [0.15, 0.2) is 46.5 Å². The van der Waals surface area contributed by atoms with Gasteiger partial charge in [-0.15, -0.1) is 0 Å². The topological polar surface area (TPSA) is 64.4 Å². The van der Waals surface area contributed by atoms with Crippen molar-refractivity contribution in [2.75, 3.05) is 26.3 Å². The van der Waals surface area contributed by atoms with Gasteiger partial charge < -0.3 is 9.30 Å². The molecule has 1 atom stereocenters. The van der Waals surface area contributed by atoms with Crippen LogP contribution in [-0.2, 0) is 27.1 Å². The second kappa shape index (κ2) is 11.5. The Labute approximate surface area is 214 Å². The van der Waals surface area contributed by atoms with E-state index in [-0.39, 0.29) is 0 Å². The molecule has 2 aromatic carbocycles. The summed E-state index contributed by atoms with van der Waals surface area (Å²) in [5.41, 5.74) is 5.53. The van der Waals surface area contributed by atoms with Crippen LogP contribution in [0.25, 0.3) is 11.0 Å². The van der Waals surface area contributed by atoms with E-state index in [1.54, 1.807) is 28.2 Å². The average molecular weight is 516 g/mol. The van der Waals surface area contributed by atoms with Crippen molar-refractivity contribution in [2.45, 2.75) is 69.3 Å². The van der Waals surface area contributed by atoms with E-state index in [4.69, 9.17) is 9.72 Å². The van der Waals surface area contributed by atoms with Gasteiger partial charge in [0.2, 0.25) is 10.0 Å². The molecule has 1 aliphatic rings. The van der Waals surface area contributed by atoms with Crippen molar-refractivity contribution in [1.82, 2.24) is 13.9 Å². The van der Waals surface area contributed by atoms with Gasteiger partial charge in [-0.2, -0.15) is 4.31 Å². The third-order valence-electron chi connectivity index (χ3n) is 6.76. The Hall–Kier alpha value is -1.87. The monoisotopic (exact) mass is 515 g/mol. The van der Waals surface area contributed by atoms with E-state index in [1.807, 2.05) is 13.0 Å². The lowest BCUT2D eigenvalue weighted by atomic mass is 10.0. The average Bonchev–Trinajstić information content (AvgIpc) is 3.19. The molecule has 6 nitrogen and oxygen atoms in total. The van der Waals surface area contributed by atoms with E-state index in [0.29, 0.717) is 37.1 Å². The van der Waals surface area contributed by atoms with Crippen molar-refractivity contribution < 1.29 is 13.2 Å². The van der Waals surface area contributed by atoms with Crippen molar-refractivity contribution in [3.63, 3.8) is 0 Å². The van der Waals surface area contributed by atoms with Crippen LogP contribution in [0.1, 0.15) is 49.8 Å². The van der Waals surface area contributed by atoms with Gasteiger partial charge in [-0.1, -0.05) is 36.9 Å². The van der Waals surface area contributed by atoms with Crippen LogP contribution >= 0.6 is 11.8 Å². The Kier molecular flexibility index (Phi) is 8.58. The zero-order valence-corrected chi connectivity index (χ0v) is 22.9. The molecule has 35 heavy (non-hydrogen) atoms. The Balaban J connectivity index is 1.63. The molecular weight excluding hydrogens is 478 g/mol. The number of aromatic nitrogens is 2. The highest BCUT2D eigenvalue weighted by Crippen LogP contribution is 2.31. The third-order valence-corrected chi connectivity index (χ3v) is 9.66. The number of aryl methyl sites for hydroxylation is 3. The molecule has 190 valence electrons. The molecule has 0 spiro atoms. The number of sulfonamides is 1. The number of benzene rings is 2. The molecule has 1 aliphatic heterocycles. The number of imidazole rings is 1. The van der Waals surface area contributed by atoms with Gasteiger partial charge in [-0.25, -0.2) is 13.4 Å². The minimum Gasteiger partial charge on any atom is -0.382 e. The molecule has 0 aliphatic carbocycles. The molecule has 0 bridgehead atoms. The smallest absolute Gasteiger partial charge is 0.243 e. The number of nitrogens with zero attached hydrogens (tertiary/aromatic N) is 3. The minimum absolute atomic E-state index is 0.337. The highest BCUT2D eigenvalue weighted by Gasteiger charge is 2.29. The summed E-state index contributed by atoms with van der Waals surface area (Å²) in [7, 11) is -3.52. The maximum Gasteiger partial charge on any atom is 0.243 e. The van der Waals surface area contributed by atoms with Gasteiger partial charge in [0.15, 0.2) is 5.16 Å². The summed E-state index contributed by atoms with van der Waals surface area (Å²) in [6.07, 6.45) is 2.87. The lowest BCUT2D eigenvalue weighted by Gasteiger charge is -2.30. The van der Waals surface area contributed by atoms with Crippen LogP contribution < -0.4 is 0 Å². The molecule has 4 rings (SSSR count). The highest BCUT2D eigenvalue weighted by atomic mass is 32.2. The van der Waals surface area contributed by atoms with Gasteiger partial charge in [-0.3, -0.25) is 0 Å². The van der Waals surface area contributed by atoms with Crippen LogP contribution in [0.3, 0.4) is 0 Å². The number of hydrogen-bond donors (Lipinski definition) is 0. The maximum atomic E-state index is 13.4. The van der Waals surface area contributed by atoms with Gasteiger partial charge in [0, 0.05) is 38.6 Å². The van der Waals surface area contributed by atoms with Crippen molar-refractivity contribution in [2.24, 2.45) is 5.92 Å². The van der Waals surface area contributed by atoms with E-state index >= 15 is 0 Å². The van der Waals surface area contributed by atoms with Crippen LogP contribution in [0.4, 0.5) is 0 Å². The number of fused-ring (bicyclic) bond motifs is 1. The van der Waals surface area contributed by atoms with Gasteiger partial charge in [-0.05, 0) is 80.8 Å². The summed E-state index contributed by atoms with van der Waals surface area (Å²) in [5, 5.41) is 0.913. The maximum absolute atomic E-state index is 13.4. The normalized spacial score (nSPS) is 17.3. The molecule has 2 heterocycles. The first kappa shape index (κ1) is 26.2. The van der Waals surface area contributed by atoms with Crippen molar-refractivity contribution >= 4 is 32.8 Å². The Morgan fingerprint density at radius 3 is 2.71 bits per heavy atom.